The van der Waals surface area contributed by atoms with Crippen molar-refractivity contribution in [3.8, 4) is 0 Å². The van der Waals surface area contributed by atoms with Gasteiger partial charge in [0.25, 0.3) is 0 Å². The molecular formula is C17H29ClN2. The van der Waals surface area contributed by atoms with Gasteiger partial charge in [0.2, 0.25) is 0 Å². The van der Waals surface area contributed by atoms with E-state index < -0.39 is 0 Å². The normalized spacial score (nSPS) is 13.8. The van der Waals surface area contributed by atoms with E-state index in [-0.39, 0.29) is 5.41 Å². The fraction of sp³-hybridized carbons (Fsp3) is 0.647. The second-order valence-corrected chi connectivity index (χ2v) is 6.97. The Hall–Kier alpha value is -0.570. The summed E-state index contributed by atoms with van der Waals surface area (Å²) in [6.07, 6.45) is 3.66. The Morgan fingerprint density at radius 1 is 1.20 bits per heavy atom. The maximum Gasteiger partial charge on any atom is 0.0406 e. The van der Waals surface area contributed by atoms with Gasteiger partial charge in [-0.05, 0) is 63.0 Å². The smallest absolute Gasteiger partial charge is 0.0406 e. The molecule has 20 heavy (non-hydrogen) atoms. The molecule has 0 fully saturated rings. The molecule has 1 atom stereocenters. The Bertz CT molecular complexity index is 386. The highest BCUT2D eigenvalue weighted by Gasteiger charge is 2.15. The van der Waals surface area contributed by atoms with Gasteiger partial charge in [-0.25, -0.2) is 0 Å². The summed E-state index contributed by atoms with van der Waals surface area (Å²) in [6, 6.07) is 8.58. The van der Waals surface area contributed by atoms with Gasteiger partial charge >= 0.3 is 0 Å². The molecule has 1 aromatic carbocycles. The fourth-order valence-electron chi connectivity index (χ4n) is 2.26. The predicted octanol–water partition coefficient (Wildman–Crippen LogP) is 4.49. The van der Waals surface area contributed by atoms with Crippen LogP contribution in [0.2, 0.25) is 5.02 Å². The lowest BCUT2D eigenvalue weighted by Crippen LogP contribution is -2.25. The average Bonchev–Trinajstić information content (AvgIpc) is 2.43. The van der Waals surface area contributed by atoms with Crippen LogP contribution in [0.3, 0.4) is 0 Å². The minimum absolute atomic E-state index is 0.278. The van der Waals surface area contributed by atoms with Crippen LogP contribution in [0.4, 0.5) is 0 Å². The van der Waals surface area contributed by atoms with Crippen molar-refractivity contribution >= 4 is 11.6 Å². The van der Waals surface area contributed by atoms with Gasteiger partial charge in [-0.1, -0.05) is 44.0 Å². The molecule has 0 heterocycles. The van der Waals surface area contributed by atoms with Crippen molar-refractivity contribution < 1.29 is 0 Å². The molecule has 0 spiro atoms. The third-order valence-electron chi connectivity index (χ3n) is 4.18. The molecule has 0 aromatic heterocycles. The number of hydrogen-bond donors (Lipinski definition) is 1. The van der Waals surface area contributed by atoms with E-state index in [4.69, 9.17) is 17.3 Å². The molecule has 0 aliphatic heterocycles. The van der Waals surface area contributed by atoms with Crippen molar-refractivity contribution in [1.82, 2.24) is 4.90 Å². The van der Waals surface area contributed by atoms with Crippen LogP contribution in [0.5, 0.6) is 0 Å². The summed E-state index contributed by atoms with van der Waals surface area (Å²) in [5, 5.41) is 0.799. The minimum Gasteiger partial charge on any atom is -0.330 e. The zero-order valence-electron chi connectivity index (χ0n) is 13.3. The van der Waals surface area contributed by atoms with E-state index in [1.807, 2.05) is 12.1 Å². The summed E-state index contributed by atoms with van der Waals surface area (Å²) in [4.78, 5) is 2.40. The van der Waals surface area contributed by atoms with Crippen molar-refractivity contribution in [2.24, 2.45) is 11.1 Å². The first-order valence-electron chi connectivity index (χ1n) is 7.51. The standard InChI is InChI=1S/C17H29ClN2/c1-14(15-7-9-16(18)10-8-15)20(4)12-6-5-11-17(2,3)13-19/h7-10,14H,5-6,11-13,19H2,1-4H3. The number of halogens is 1. The third-order valence-corrected chi connectivity index (χ3v) is 4.43. The summed E-state index contributed by atoms with van der Waals surface area (Å²) in [7, 11) is 2.19. The number of hydrogen-bond acceptors (Lipinski definition) is 2. The lowest BCUT2D eigenvalue weighted by atomic mass is 9.87. The molecule has 0 aliphatic carbocycles. The molecule has 0 saturated carbocycles. The highest BCUT2D eigenvalue weighted by atomic mass is 35.5. The maximum absolute atomic E-state index is 5.93. The highest BCUT2D eigenvalue weighted by Crippen LogP contribution is 2.23. The van der Waals surface area contributed by atoms with Crippen molar-refractivity contribution in [1.29, 1.82) is 0 Å². The van der Waals surface area contributed by atoms with Gasteiger partial charge in [-0.2, -0.15) is 0 Å². The lowest BCUT2D eigenvalue weighted by Gasteiger charge is -2.26. The average molecular weight is 297 g/mol. The van der Waals surface area contributed by atoms with E-state index in [1.165, 1.54) is 24.8 Å². The van der Waals surface area contributed by atoms with E-state index in [0.717, 1.165) is 18.1 Å². The zero-order chi connectivity index (χ0) is 15.2. The SMILES string of the molecule is CC(c1ccc(Cl)cc1)N(C)CCCCC(C)(C)CN. The van der Waals surface area contributed by atoms with Gasteiger partial charge in [0.1, 0.15) is 0 Å². The van der Waals surface area contributed by atoms with Crippen LogP contribution in [0.1, 0.15) is 51.6 Å². The van der Waals surface area contributed by atoms with Crippen LogP contribution in [-0.4, -0.2) is 25.0 Å². The largest absolute Gasteiger partial charge is 0.330 e. The first-order chi connectivity index (χ1) is 9.35. The molecule has 0 radical (unpaired) electrons. The Morgan fingerprint density at radius 3 is 2.35 bits per heavy atom. The summed E-state index contributed by atoms with van der Waals surface area (Å²) >= 11 is 5.93. The quantitative estimate of drug-likeness (QED) is 0.716. The zero-order valence-corrected chi connectivity index (χ0v) is 14.1. The molecule has 0 saturated heterocycles. The molecule has 2 nitrogen and oxygen atoms in total. The number of benzene rings is 1. The van der Waals surface area contributed by atoms with E-state index >= 15 is 0 Å². The number of nitrogens with zero attached hydrogens (tertiary/aromatic N) is 1. The molecule has 0 aliphatic rings. The molecule has 2 N–H and O–H groups in total. The summed E-state index contributed by atoms with van der Waals surface area (Å²) in [5.74, 6) is 0. The van der Waals surface area contributed by atoms with E-state index in [9.17, 15) is 0 Å². The van der Waals surface area contributed by atoms with E-state index in [2.05, 4.69) is 44.9 Å². The molecular weight excluding hydrogens is 268 g/mol. The second kappa shape index (κ2) is 8.02. The minimum atomic E-state index is 0.278. The first kappa shape index (κ1) is 17.5. The number of unbranched alkanes of at least 4 members (excludes halogenated alkanes) is 1. The number of rotatable bonds is 8. The predicted molar refractivity (Wildman–Crippen MR) is 89.2 cm³/mol. The highest BCUT2D eigenvalue weighted by molar-refractivity contribution is 6.30. The maximum atomic E-state index is 5.93. The van der Waals surface area contributed by atoms with Crippen molar-refractivity contribution in [3.63, 3.8) is 0 Å². The second-order valence-electron chi connectivity index (χ2n) is 6.53. The van der Waals surface area contributed by atoms with E-state index in [1.54, 1.807) is 0 Å². The first-order valence-corrected chi connectivity index (χ1v) is 7.89. The number of nitrogens with two attached hydrogens (primary N) is 1. The van der Waals surface area contributed by atoms with Crippen LogP contribution in [0, 0.1) is 5.41 Å². The van der Waals surface area contributed by atoms with Crippen molar-refractivity contribution in [2.75, 3.05) is 20.1 Å². The molecule has 0 bridgehead atoms. The van der Waals surface area contributed by atoms with Gasteiger partial charge in [0, 0.05) is 11.1 Å². The van der Waals surface area contributed by atoms with Crippen LogP contribution >= 0.6 is 11.6 Å². The topological polar surface area (TPSA) is 29.3 Å². The Kier molecular flexibility index (Phi) is 7.01. The van der Waals surface area contributed by atoms with E-state index in [0.29, 0.717) is 6.04 Å². The van der Waals surface area contributed by atoms with Crippen LogP contribution in [-0.2, 0) is 0 Å². The summed E-state index contributed by atoms with van der Waals surface area (Å²) < 4.78 is 0. The Balaban J connectivity index is 2.35. The van der Waals surface area contributed by atoms with Gasteiger partial charge in [-0.15, -0.1) is 0 Å². The molecule has 1 rings (SSSR count). The summed E-state index contributed by atoms with van der Waals surface area (Å²) in [5.41, 5.74) is 7.36. The van der Waals surface area contributed by atoms with Gasteiger partial charge in [-0.3, -0.25) is 4.90 Å². The fourth-order valence-corrected chi connectivity index (χ4v) is 2.38. The van der Waals surface area contributed by atoms with Gasteiger partial charge < -0.3 is 5.73 Å². The van der Waals surface area contributed by atoms with Crippen LogP contribution < -0.4 is 5.73 Å². The third kappa shape index (κ3) is 5.82. The van der Waals surface area contributed by atoms with Gasteiger partial charge in [0.15, 0.2) is 0 Å². The Labute approximate surface area is 129 Å². The van der Waals surface area contributed by atoms with Crippen molar-refractivity contribution in [3.05, 3.63) is 34.9 Å². The van der Waals surface area contributed by atoms with Crippen LogP contribution in [0.15, 0.2) is 24.3 Å². The van der Waals surface area contributed by atoms with Crippen LogP contribution in [0.25, 0.3) is 0 Å². The van der Waals surface area contributed by atoms with Gasteiger partial charge in [0.05, 0.1) is 0 Å². The monoisotopic (exact) mass is 296 g/mol. The molecule has 1 unspecified atom stereocenters. The molecule has 0 amide bonds. The molecule has 114 valence electrons. The Morgan fingerprint density at radius 2 is 1.80 bits per heavy atom. The lowest BCUT2D eigenvalue weighted by molar-refractivity contribution is 0.245. The molecule has 1 aromatic rings. The molecule has 3 heteroatoms. The summed E-state index contributed by atoms with van der Waals surface area (Å²) in [6.45, 7) is 8.61. The van der Waals surface area contributed by atoms with Crippen molar-refractivity contribution in [2.45, 2.75) is 46.1 Å².